The summed E-state index contributed by atoms with van der Waals surface area (Å²) in [4.78, 5) is 11.5. The van der Waals surface area contributed by atoms with Gasteiger partial charge >= 0.3 is 5.97 Å². The molecule has 14 heavy (non-hydrogen) atoms. The Hall–Kier alpha value is -1.03. The second-order valence-electron chi connectivity index (χ2n) is 4.01. The molecule has 0 saturated heterocycles. The molecule has 78 valence electrons. The molecule has 4 nitrogen and oxygen atoms in total. The Morgan fingerprint density at radius 3 is 2.43 bits per heavy atom. The van der Waals surface area contributed by atoms with Crippen molar-refractivity contribution in [2.24, 2.45) is 0 Å². The molecule has 0 aliphatic heterocycles. The number of H-pyrrole nitrogens is 1. The third kappa shape index (κ3) is 2.48. The van der Waals surface area contributed by atoms with E-state index >= 15 is 0 Å². The second-order valence-corrected chi connectivity index (χ2v) is 4.39. The van der Waals surface area contributed by atoms with Crippen LogP contribution < -0.4 is 0 Å². The first-order valence-electron chi connectivity index (χ1n) is 4.25. The molecule has 0 spiro atoms. The van der Waals surface area contributed by atoms with Crippen LogP contribution in [0.2, 0.25) is 5.02 Å². The lowest BCUT2D eigenvalue weighted by Gasteiger charge is -2.18. The van der Waals surface area contributed by atoms with E-state index in [1.807, 2.05) is 0 Å². The molecule has 0 unspecified atom stereocenters. The highest BCUT2D eigenvalue weighted by Crippen LogP contribution is 2.20. The molecule has 0 fully saturated rings. The van der Waals surface area contributed by atoms with Crippen LogP contribution in [0.15, 0.2) is 0 Å². The van der Waals surface area contributed by atoms with Crippen molar-refractivity contribution in [1.82, 2.24) is 10.2 Å². The van der Waals surface area contributed by atoms with Crippen LogP contribution in [0.25, 0.3) is 0 Å². The summed E-state index contributed by atoms with van der Waals surface area (Å²) in [5, 5.41) is 6.71. The summed E-state index contributed by atoms with van der Waals surface area (Å²) in [5.74, 6) is -0.508. The van der Waals surface area contributed by atoms with Crippen LogP contribution in [0.1, 0.15) is 37.0 Å². The summed E-state index contributed by atoms with van der Waals surface area (Å²) in [6.07, 6.45) is 0. The van der Waals surface area contributed by atoms with Crippen molar-refractivity contribution in [3.63, 3.8) is 0 Å². The first kappa shape index (κ1) is 11.0. The van der Waals surface area contributed by atoms with Gasteiger partial charge in [-0.3, -0.25) is 5.10 Å². The summed E-state index contributed by atoms with van der Waals surface area (Å²) < 4.78 is 5.11. The standard InChI is InChI=1S/C9H13ClN2O2/c1-5-6(10)7(12-11-5)8(13)14-9(2,3)4/h1-4H3,(H,11,12). The molecular weight excluding hydrogens is 204 g/mol. The third-order valence-corrected chi connectivity index (χ3v) is 1.93. The Balaban J connectivity index is 2.86. The van der Waals surface area contributed by atoms with Crippen LogP contribution in [0.5, 0.6) is 0 Å². The van der Waals surface area contributed by atoms with E-state index < -0.39 is 11.6 Å². The first-order chi connectivity index (χ1) is 6.31. The fraction of sp³-hybridized carbons (Fsp3) is 0.556. The average Bonchev–Trinajstić information content (AvgIpc) is 2.29. The van der Waals surface area contributed by atoms with Crippen molar-refractivity contribution in [3.8, 4) is 0 Å². The highest BCUT2D eigenvalue weighted by molar-refractivity contribution is 6.33. The van der Waals surface area contributed by atoms with Crippen LogP contribution in [-0.4, -0.2) is 21.8 Å². The predicted octanol–water partition coefficient (Wildman–Crippen LogP) is 2.33. The van der Waals surface area contributed by atoms with Crippen molar-refractivity contribution in [2.45, 2.75) is 33.3 Å². The van der Waals surface area contributed by atoms with Crippen molar-refractivity contribution < 1.29 is 9.53 Å². The van der Waals surface area contributed by atoms with E-state index in [0.29, 0.717) is 10.7 Å². The highest BCUT2D eigenvalue weighted by Gasteiger charge is 2.23. The Labute approximate surface area is 87.6 Å². The Bertz CT molecular complexity index is 352. The van der Waals surface area contributed by atoms with Crippen molar-refractivity contribution in [3.05, 3.63) is 16.4 Å². The van der Waals surface area contributed by atoms with Gasteiger partial charge < -0.3 is 4.74 Å². The lowest BCUT2D eigenvalue weighted by Crippen LogP contribution is -2.24. The van der Waals surface area contributed by atoms with Gasteiger partial charge in [0.25, 0.3) is 0 Å². The van der Waals surface area contributed by atoms with Gasteiger partial charge in [-0.2, -0.15) is 5.10 Å². The van der Waals surface area contributed by atoms with Gasteiger partial charge in [-0.25, -0.2) is 4.79 Å². The zero-order valence-electron chi connectivity index (χ0n) is 8.64. The maximum absolute atomic E-state index is 11.5. The molecule has 1 heterocycles. The molecule has 0 bridgehead atoms. The lowest BCUT2D eigenvalue weighted by molar-refractivity contribution is 0.00630. The first-order valence-corrected chi connectivity index (χ1v) is 4.63. The number of aryl methyl sites for hydroxylation is 1. The van der Waals surface area contributed by atoms with Gasteiger partial charge in [0.05, 0.1) is 10.7 Å². The third-order valence-electron chi connectivity index (χ3n) is 1.46. The van der Waals surface area contributed by atoms with Gasteiger partial charge in [-0.05, 0) is 27.7 Å². The fourth-order valence-electron chi connectivity index (χ4n) is 0.877. The molecular formula is C9H13ClN2O2. The van der Waals surface area contributed by atoms with Gasteiger partial charge in [-0.1, -0.05) is 11.6 Å². The number of rotatable bonds is 1. The van der Waals surface area contributed by atoms with E-state index in [1.165, 1.54) is 0 Å². The maximum Gasteiger partial charge on any atom is 0.360 e. The zero-order valence-corrected chi connectivity index (χ0v) is 9.40. The number of aromatic nitrogens is 2. The molecule has 0 aliphatic carbocycles. The Morgan fingerprint density at radius 2 is 2.07 bits per heavy atom. The minimum absolute atomic E-state index is 0.138. The lowest BCUT2D eigenvalue weighted by atomic mass is 10.2. The summed E-state index contributed by atoms with van der Waals surface area (Å²) in [6.45, 7) is 7.11. The van der Waals surface area contributed by atoms with Gasteiger partial charge in [0.15, 0.2) is 5.69 Å². The number of carbonyl (C=O) groups is 1. The summed E-state index contributed by atoms with van der Waals surface area (Å²) in [7, 11) is 0. The van der Waals surface area contributed by atoms with Gasteiger partial charge in [0.2, 0.25) is 0 Å². The number of nitrogens with zero attached hydrogens (tertiary/aromatic N) is 1. The molecule has 0 saturated carbocycles. The van der Waals surface area contributed by atoms with E-state index in [-0.39, 0.29) is 5.69 Å². The smallest absolute Gasteiger partial charge is 0.360 e. The molecule has 0 radical (unpaired) electrons. The topological polar surface area (TPSA) is 55.0 Å². The molecule has 1 N–H and O–H groups in total. The largest absolute Gasteiger partial charge is 0.455 e. The highest BCUT2D eigenvalue weighted by atomic mass is 35.5. The molecule has 5 heteroatoms. The fourth-order valence-corrected chi connectivity index (χ4v) is 1.04. The van der Waals surface area contributed by atoms with E-state index in [4.69, 9.17) is 16.3 Å². The Morgan fingerprint density at radius 1 is 1.50 bits per heavy atom. The van der Waals surface area contributed by atoms with Gasteiger partial charge in [0, 0.05) is 0 Å². The molecule has 0 aliphatic rings. The molecule has 0 aromatic carbocycles. The van der Waals surface area contributed by atoms with Gasteiger partial charge in [-0.15, -0.1) is 0 Å². The molecule has 1 rings (SSSR count). The maximum atomic E-state index is 11.5. The number of nitrogens with one attached hydrogen (secondary N) is 1. The summed E-state index contributed by atoms with van der Waals surface area (Å²) >= 11 is 5.84. The number of ether oxygens (including phenoxy) is 1. The molecule has 1 aromatic rings. The van der Waals surface area contributed by atoms with Crippen molar-refractivity contribution in [1.29, 1.82) is 0 Å². The average molecular weight is 217 g/mol. The predicted molar refractivity (Wildman–Crippen MR) is 53.5 cm³/mol. The summed E-state index contributed by atoms with van der Waals surface area (Å²) in [5.41, 5.74) is 0.263. The number of carbonyl (C=O) groups excluding carboxylic acids is 1. The van der Waals surface area contributed by atoms with Crippen LogP contribution in [0, 0.1) is 6.92 Å². The monoisotopic (exact) mass is 216 g/mol. The number of halogens is 1. The van der Waals surface area contributed by atoms with Crippen LogP contribution >= 0.6 is 11.6 Å². The minimum atomic E-state index is -0.534. The van der Waals surface area contributed by atoms with Crippen LogP contribution in [0.3, 0.4) is 0 Å². The molecule has 0 atom stereocenters. The van der Waals surface area contributed by atoms with Crippen LogP contribution in [0.4, 0.5) is 0 Å². The number of esters is 1. The zero-order chi connectivity index (χ0) is 10.9. The second kappa shape index (κ2) is 3.61. The van der Waals surface area contributed by atoms with Crippen molar-refractivity contribution in [2.75, 3.05) is 0 Å². The van der Waals surface area contributed by atoms with Crippen molar-refractivity contribution >= 4 is 17.6 Å². The normalized spacial score (nSPS) is 11.5. The van der Waals surface area contributed by atoms with E-state index in [9.17, 15) is 4.79 Å². The number of hydrogen-bond donors (Lipinski definition) is 1. The minimum Gasteiger partial charge on any atom is -0.455 e. The quantitative estimate of drug-likeness (QED) is 0.733. The molecule has 1 aromatic heterocycles. The van der Waals surface area contributed by atoms with E-state index in [0.717, 1.165) is 0 Å². The number of aromatic amines is 1. The number of hydrogen-bond acceptors (Lipinski definition) is 3. The SMILES string of the molecule is Cc1[nH]nc(C(=O)OC(C)(C)C)c1Cl. The Kier molecular flexibility index (Phi) is 2.85. The summed E-state index contributed by atoms with van der Waals surface area (Å²) in [6, 6.07) is 0. The molecule has 0 amide bonds. The van der Waals surface area contributed by atoms with E-state index in [1.54, 1.807) is 27.7 Å². The van der Waals surface area contributed by atoms with Gasteiger partial charge in [0.1, 0.15) is 5.60 Å². The van der Waals surface area contributed by atoms with E-state index in [2.05, 4.69) is 10.2 Å². The van der Waals surface area contributed by atoms with Crippen LogP contribution in [-0.2, 0) is 4.74 Å².